The Hall–Kier alpha value is 0.250. The maximum absolute atomic E-state index is 6.21. The molecule has 1 aliphatic heterocycles. The quantitative estimate of drug-likeness (QED) is 0.638. The summed E-state index contributed by atoms with van der Waals surface area (Å²) in [6, 6.07) is 0.691. The average Bonchev–Trinajstić information content (AvgIpc) is 2.44. The van der Waals surface area contributed by atoms with Gasteiger partial charge in [0.15, 0.2) is 0 Å². The van der Waals surface area contributed by atoms with Crippen molar-refractivity contribution in [2.75, 3.05) is 13.1 Å². The van der Waals surface area contributed by atoms with E-state index in [4.69, 9.17) is 11.6 Å². The Morgan fingerprint density at radius 3 is 2.38 bits per heavy atom. The van der Waals surface area contributed by atoms with Gasteiger partial charge in [0.05, 0.1) is 5.38 Å². The summed E-state index contributed by atoms with van der Waals surface area (Å²) in [5.41, 5.74) is 0. The van der Waals surface area contributed by atoms with Gasteiger partial charge < -0.3 is 0 Å². The van der Waals surface area contributed by atoms with E-state index in [1.807, 2.05) is 0 Å². The minimum Gasteiger partial charge on any atom is -0.299 e. The van der Waals surface area contributed by atoms with Gasteiger partial charge in [-0.3, -0.25) is 4.90 Å². The number of rotatable bonds is 3. The van der Waals surface area contributed by atoms with Gasteiger partial charge in [-0.15, -0.1) is 11.6 Å². The first-order valence-electron chi connectivity index (χ1n) is 5.44. The van der Waals surface area contributed by atoms with Gasteiger partial charge in [-0.05, 0) is 18.8 Å². The van der Waals surface area contributed by atoms with Crippen LogP contribution in [0.1, 0.15) is 34.1 Å². The summed E-state index contributed by atoms with van der Waals surface area (Å²) in [4.78, 5) is 2.54. The Morgan fingerprint density at radius 1 is 1.38 bits per heavy atom. The van der Waals surface area contributed by atoms with Crippen LogP contribution in [-0.4, -0.2) is 29.4 Å². The smallest absolute Gasteiger partial charge is 0.0501 e. The molecule has 1 aliphatic rings. The molecule has 0 aromatic carbocycles. The van der Waals surface area contributed by atoms with Crippen LogP contribution in [0.4, 0.5) is 0 Å². The van der Waals surface area contributed by atoms with E-state index in [1.165, 1.54) is 13.0 Å². The van der Waals surface area contributed by atoms with E-state index >= 15 is 0 Å². The van der Waals surface area contributed by atoms with Crippen molar-refractivity contribution >= 4 is 11.6 Å². The highest BCUT2D eigenvalue weighted by atomic mass is 35.5. The van der Waals surface area contributed by atoms with Crippen molar-refractivity contribution in [2.24, 2.45) is 11.8 Å². The molecule has 1 saturated heterocycles. The normalized spacial score (nSPS) is 34.8. The lowest BCUT2D eigenvalue weighted by Crippen LogP contribution is -2.36. The van der Waals surface area contributed by atoms with Crippen LogP contribution in [0.25, 0.3) is 0 Å². The van der Waals surface area contributed by atoms with Gasteiger partial charge in [0.25, 0.3) is 0 Å². The van der Waals surface area contributed by atoms with Crippen molar-refractivity contribution in [2.45, 2.75) is 45.5 Å². The highest BCUT2D eigenvalue weighted by molar-refractivity contribution is 6.21. The predicted molar refractivity (Wildman–Crippen MR) is 59.3 cm³/mol. The van der Waals surface area contributed by atoms with Crippen LogP contribution in [0.5, 0.6) is 0 Å². The Balaban J connectivity index is 2.45. The molecule has 78 valence electrons. The predicted octanol–water partition coefficient (Wildman–Crippen LogP) is 2.98. The van der Waals surface area contributed by atoms with Gasteiger partial charge in [-0.1, -0.05) is 27.2 Å². The summed E-state index contributed by atoms with van der Waals surface area (Å²) >= 11 is 6.21. The van der Waals surface area contributed by atoms with Crippen molar-refractivity contribution in [3.8, 4) is 0 Å². The Labute approximate surface area is 87.4 Å². The fourth-order valence-electron chi connectivity index (χ4n) is 2.00. The first kappa shape index (κ1) is 11.3. The first-order valence-corrected chi connectivity index (χ1v) is 5.88. The monoisotopic (exact) mass is 203 g/mol. The fraction of sp³-hybridized carbons (Fsp3) is 1.00. The summed E-state index contributed by atoms with van der Waals surface area (Å²) in [7, 11) is 0. The van der Waals surface area contributed by atoms with Crippen LogP contribution < -0.4 is 0 Å². The molecule has 4 unspecified atom stereocenters. The average molecular weight is 204 g/mol. The summed E-state index contributed by atoms with van der Waals surface area (Å²) in [5.74, 6) is 1.45. The first-order chi connectivity index (χ1) is 6.06. The molecular weight excluding hydrogens is 182 g/mol. The largest absolute Gasteiger partial charge is 0.299 e. The second-order valence-corrected chi connectivity index (χ2v) is 5.13. The van der Waals surface area contributed by atoms with Crippen LogP contribution in [0.3, 0.4) is 0 Å². The molecule has 0 amide bonds. The molecule has 1 fully saturated rings. The molecular formula is C11H22ClN. The molecule has 0 aromatic rings. The summed E-state index contributed by atoms with van der Waals surface area (Å²) < 4.78 is 0. The minimum absolute atomic E-state index is 0.367. The van der Waals surface area contributed by atoms with E-state index in [-0.39, 0.29) is 0 Å². The van der Waals surface area contributed by atoms with E-state index < -0.39 is 0 Å². The topological polar surface area (TPSA) is 3.24 Å². The molecule has 0 radical (unpaired) electrons. The number of likely N-dealkylation sites (tertiary alicyclic amines) is 1. The number of hydrogen-bond donors (Lipinski definition) is 0. The van der Waals surface area contributed by atoms with Gasteiger partial charge in [-0.2, -0.15) is 0 Å². The van der Waals surface area contributed by atoms with E-state index in [1.54, 1.807) is 0 Å². The number of halogens is 1. The van der Waals surface area contributed by atoms with Gasteiger partial charge in [0.1, 0.15) is 0 Å². The van der Waals surface area contributed by atoms with Crippen molar-refractivity contribution in [1.82, 2.24) is 4.90 Å². The van der Waals surface area contributed by atoms with E-state index in [0.717, 1.165) is 12.5 Å². The Bertz CT molecular complexity index is 150. The van der Waals surface area contributed by atoms with Crippen LogP contribution in [0, 0.1) is 11.8 Å². The third kappa shape index (κ3) is 2.60. The summed E-state index contributed by atoms with van der Waals surface area (Å²) in [6.07, 6.45) is 1.26. The molecule has 4 atom stereocenters. The van der Waals surface area contributed by atoms with Crippen molar-refractivity contribution in [1.29, 1.82) is 0 Å². The van der Waals surface area contributed by atoms with Gasteiger partial charge in [0, 0.05) is 19.1 Å². The van der Waals surface area contributed by atoms with E-state index in [2.05, 4.69) is 32.6 Å². The van der Waals surface area contributed by atoms with E-state index in [0.29, 0.717) is 17.3 Å². The molecule has 13 heavy (non-hydrogen) atoms. The summed E-state index contributed by atoms with van der Waals surface area (Å²) in [6.45, 7) is 11.4. The zero-order chi connectivity index (χ0) is 10.0. The standard InChI is InChI=1S/C11H22ClN/c1-5-8(2)10(4)13-6-9(3)11(12)7-13/h8-11H,5-7H2,1-4H3. The number of hydrogen-bond acceptors (Lipinski definition) is 1. The molecule has 0 saturated carbocycles. The molecule has 0 aliphatic carbocycles. The minimum atomic E-state index is 0.367. The second kappa shape index (κ2) is 4.65. The molecule has 1 rings (SSSR count). The molecule has 0 bridgehead atoms. The molecule has 0 spiro atoms. The lowest BCUT2D eigenvalue weighted by atomic mass is 10.00. The highest BCUT2D eigenvalue weighted by Crippen LogP contribution is 2.26. The van der Waals surface area contributed by atoms with Crippen LogP contribution in [0.2, 0.25) is 0 Å². The molecule has 0 aromatic heterocycles. The van der Waals surface area contributed by atoms with Crippen LogP contribution in [-0.2, 0) is 0 Å². The number of nitrogens with zero attached hydrogens (tertiary/aromatic N) is 1. The van der Waals surface area contributed by atoms with Gasteiger partial charge in [0.2, 0.25) is 0 Å². The van der Waals surface area contributed by atoms with Crippen molar-refractivity contribution in [3.05, 3.63) is 0 Å². The molecule has 2 heteroatoms. The van der Waals surface area contributed by atoms with Gasteiger partial charge >= 0.3 is 0 Å². The zero-order valence-electron chi connectivity index (χ0n) is 9.26. The van der Waals surface area contributed by atoms with Crippen LogP contribution in [0.15, 0.2) is 0 Å². The van der Waals surface area contributed by atoms with Crippen molar-refractivity contribution in [3.63, 3.8) is 0 Å². The second-order valence-electron chi connectivity index (χ2n) is 4.57. The fourth-order valence-corrected chi connectivity index (χ4v) is 2.25. The lowest BCUT2D eigenvalue weighted by molar-refractivity contribution is 0.190. The molecule has 1 nitrogen and oxygen atoms in total. The van der Waals surface area contributed by atoms with Gasteiger partial charge in [-0.25, -0.2) is 0 Å². The third-order valence-corrected chi connectivity index (χ3v) is 4.16. The zero-order valence-corrected chi connectivity index (χ0v) is 10.0. The molecule has 1 heterocycles. The van der Waals surface area contributed by atoms with Crippen molar-refractivity contribution < 1.29 is 0 Å². The third-order valence-electron chi connectivity index (χ3n) is 3.59. The highest BCUT2D eigenvalue weighted by Gasteiger charge is 2.31. The van der Waals surface area contributed by atoms with Crippen LogP contribution >= 0.6 is 11.6 Å². The van der Waals surface area contributed by atoms with E-state index in [9.17, 15) is 0 Å². The maximum Gasteiger partial charge on any atom is 0.0501 e. The Kier molecular flexibility index (Phi) is 4.06. The Morgan fingerprint density at radius 2 is 2.00 bits per heavy atom. The summed E-state index contributed by atoms with van der Waals surface area (Å²) in [5, 5.41) is 0.367. The number of alkyl halides is 1. The molecule has 0 N–H and O–H groups in total. The SMILES string of the molecule is CCC(C)C(C)N1CC(C)C(Cl)C1. The maximum atomic E-state index is 6.21. The lowest BCUT2D eigenvalue weighted by Gasteiger charge is -2.28.